The van der Waals surface area contributed by atoms with E-state index in [-0.39, 0.29) is 27.7 Å². The van der Waals surface area contributed by atoms with Gasteiger partial charge in [0.2, 0.25) is 0 Å². The summed E-state index contributed by atoms with van der Waals surface area (Å²) in [6.07, 6.45) is 3.58. The van der Waals surface area contributed by atoms with E-state index < -0.39 is 0 Å². The van der Waals surface area contributed by atoms with E-state index in [0.29, 0.717) is 26.2 Å². The molecule has 0 amide bonds. The highest BCUT2D eigenvalue weighted by Crippen LogP contribution is 2.32. The van der Waals surface area contributed by atoms with Crippen LogP contribution >= 0.6 is 0 Å². The fourth-order valence-corrected chi connectivity index (χ4v) is 5.57. The second-order valence-electron chi connectivity index (χ2n) is 15.9. The van der Waals surface area contributed by atoms with E-state index in [1.54, 1.807) is 12.4 Å². The maximum Gasteiger partial charge on any atom is 0.128 e. The van der Waals surface area contributed by atoms with Gasteiger partial charge in [0.05, 0.1) is 13.1 Å². The van der Waals surface area contributed by atoms with Gasteiger partial charge in [0, 0.05) is 60.9 Å². The van der Waals surface area contributed by atoms with Gasteiger partial charge in [0.25, 0.3) is 0 Å². The van der Waals surface area contributed by atoms with Gasteiger partial charge in [-0.1, -0.05) is 128 Å². The maximum atomic E-state index is 11.2. The van der Waals surface area contributed by atoms with Gasteiger partial charge in [-0.2, -0.15) is 0 Å². The molecule has 0 aliphatic heterocycles. The van der Waals surface area contributed by atoms with Crippen LogP contribution in [-0.2, 0) is 37.0 Å². The van der Waals surface area contributed by atoms with E-state index in [0.717, 1.165) is 57.6 Å². The minimum Gasteiger partial charge on any atom is -0.507 e. The molecule has 0 spiro atoms. The number of nitrogens with zero attached hydrogens (tertiary/aromatic N) is 2. The topological polar surface area (TPSA) is 89.2 Å². The van der Waals surface area contributed by atoms with Gasteiger partial charge in [0.15, 0.2) is 0 Å². The molecule has 0 bridgehead atoms. The number of nitrogens with one attached hydrogen (secondary N) is 2. The molecule has 4 aromatic carbocycles. The zero-order valence-electron chi connectivity index (χ0n) is 30.8. The Morgan fingerprint density at radius 1 is 0.551 bits per heavy atom. The normalized spacial score (nSPS) is 12.7. The first-order valence-corrected chi connectivity index (χ1v) is 17.3. The predicted molar refractivity (Wildman–Crippen MR) is 206 cm³/mol. The summed E-state index contributed by atoms with van der Waals surface area (Å²) in [5.74, 6) is 0.538. The third-order valence-electron chi connectivity index (χ3n) is 8.70. The molecule has 0 radical (unpaired) electrons. The molecule has 0 aromatic heterocycles. The van der Waals surface area contributed by atoms with Crippen LogP contribution in [0.15, 0.2) is 94.9 Å². The van der Waals surface area contributed by atoms with Crippen molar-refractivity contribution in [2.45, 2.75) is 92.4 Å². The summed E-state index contributed by atoms with van der Waals surface area (Å²) in [4.78, 5) is 9.27. The Labute approximate surface area is 294 Å². The number of phenols is 2. The minimum absolute atomic E-state index is 0.0723. The fraction of sp³-hybridized carbons (Fsp3) is 0.395. The van der Waals surface area contributed by atoms with Crippen molar-refractivity contribution in [1.82, 2.24) is 10.6 Å². The standard InChI is InChI=1S/C43H56N4O2/c1-41(2,3)37-19-33(25-44-23-31-15-11-9-12-16-31)39(48)35(21-37)27-46-29-43(7,8)30-47-28-36-22-38(42(4,5)6)20-34(40(36)49)26-45-24-32-17-13-10-14-18-32/h9-22,25-26,46-49H,23-24,27-30H2,1-8H3. The molecule has 0 unspecified atom stereocenters. The van der Waals surface area contributed by atoms with Crippen molar-refractivity contribution in [3.63, 3.8) is 0 Å². The average molecular weight is 661 g/mol. The molecule has 6 nitrogen and oxygen atoms in total. The molecule has 0 fully saturated rings. The molecule has 0 aliphatic carbocycles. The maximum absolute atomic E-state index is 11.2. The molecule has 0 heterocycles. The SMILES string of the molecule is CC(C)(CNCc1cc(C(C)(C)C)cc(C=NCc2ccccc2)c1O)CNCc1cc(C(C)(C)C)cc(C=NCc2ccccc2)c1O. The van der Waals surface area contributed by atoms with Gasteiger partial charge in [-0.05, 0) is 50.6 Å². The molecular weight excluding hydrogens is 604 g/mol. The summed E-state index contributed by atoms with van der Waals surface area (Å²) in [6, 6.07) is 28.6. The Balaban J connectivity index is 1.39. The first-order valence-electron chi connectivity index (χ1n) is 17.3. The van der Waals surface area contributed by atoms with Gasteiger partial charge in [-0.3, -0.25) is 9.98 Å². The average Bonchev–Trinajstić information content (AvgIpc) is 3.04. The largest absolute Gasteiger partial charge is 0.507 e. The molecule has 0 aliphatic rings. The number of hydrogen-bond acceptors (Lipinski definition) is 6. The monoisotopic (exact) mass is 660 g/mol. The van der Waals surface area contributed by atoms with Crippen LogP contribution in [0.4, 0.5) is 0 Å². The van der Waals surface area contributed by atoms with Crippen molar-refractivity contribution in [2.75, 3.05) is 13.1 Å². The van der Waals surface area contributed by atoms with Crippen LogP contribution in [0.1, 0.15) is 99.9 Å². The van der Waals surface area contributed by atoms with E-state index in [1.807, 2.05) is 48.5 Å². The zero-order chi connectivity index (χ0) is 35.7. The van der Waals surface area contributed by atoms with Crippen LogP contribution in [0.3, 0.4) is 0 Å². The third-order valence-corrected chi connectivity index (χ3v) is 8.70. The number of rotatable bonds is 14. The summed E-state index contributed by atoms with van der Waals surface area (Å²) >= 11 is 0. The Morgan fingerprint density at radius 3 is 1.27 bits per heavy atom. The lowest BCUT2D eigenvalue weighted by Gasteiger charge is -2.27. The molecule has 4 rings (SSSR count). The van der Waals surface area contributed by atoms with Crippen LogP contribution in [-0.4, -0.2) is 35.7 Å². The molecule has 0 saturated heterocycles. The van der Waals surface area contributed by atoms with Gasteiger partial charge in [0.1, 0.15) is 11.5 Å². The second-order valence-corrected chi connectivity index (χ2v) is 15.9. The quantitative estimate of drug-likeness (QED) is 0.102. The molecule has 0 atom stereocenters. The van der Waals surface area contributed by atoms with E-state index in [4.69, 9.17) is 0 Å². The van der Waals surface area contributed by atoms with Crippen LogP contribution < -0.4 is 10.6 Å². The van der Waals surface area contributed by atoms with Crippen LogP contribution in [0, 0.1) is 5.41 Å². The van der Waals surface area contributed by atoms with E-state index >= 15 is 0 Å². The van der Waals surface area contributed by atoms with Crippen LogP contribution in [0.5, 0.6) is 11.5 Å². The Morgan fingerprint density at radius 2 is 0.918 bits per heavy atom. The summed E-state index contributed by atoms with van der Waals surface area (Å²) in [5, 5.41) is 29.7. The van der Waals surface area contributed by atoms with E-state index in [2.05, 4.69) is 112 Å². The molecular formula is C43H56N4O2. The van der Waals surface area contributed by atoms with Gasteiger partial charge in [-0.15, -0.1) is 0 Å². The minimum atomic E-state index is -0.0888. The van der Waals surface area contributed by atoms with Crippen molar-refractivity contribution in [3.05, 3.63) is 129 Å². The van der Waals surface area contributed by atoms with Gasteiger partial charge >= 0.3 is 0 Å². The number of benzene rings is 4. The highest BCUT2D eigenvalue weighted by atomic mass is 16.3. The number of aromatic hydroxyl groups is 2. The lowest BCUT2D eigenvalue weighted by molar-refractivity contribution is 0.317. The first kappa shape index (κ1) is 37.6. The molecule has 49 heavy (non-hydrogen) atoms. The van der Waals surface area contributed by atoms with Crippen molar-refractivity contribution >= 4 is 12.4 Å². The number of hydrogen-bond donors (Lipinski definition) is 4. The zero-order valence-corrected chi connectivity index (χ0v) is 30.8. The Bertz CT molecular complexity index is 1590. The highest BCUT2D eigenvalue weighted by molar-refractivity contribution is 5.85. The van der Waals surface area contributed by atoms with Crippen molar-refractivity contribution in [1.29, 1.82) is 0 Å². The lowest BCUT2D eigenvalue weighted by Crippen LogP contribution is -2.37. The summed E-state index contributed by atoms with van der Waals surface area (Å²) in [7, 11) is 0. The summed E-state index contributed by atoms with van der Waals surface area (Å²) in [6.45, 7) is 21.2. The Hall–Kier alpha value is -4.26. The highest BCUT2D eigenvalue weighted by Gasteiger charge is 2.22. The first-order chi connectivity index (χ1) is 23.1. The van der Waals surface area contributed by atoms with Crippen molar-refractivity contribution in [3.8, 4) is 11.5 Å². The third kappa shape index (κ3) is 11.4. The Kier molecular flexibility index (Phi) is 12.6. The smallest absolute Gasteiger partial charge is 0.128 e. The van der Waals surface area contributed by atoms with Gasteiger partial charge in [-0.25, -0.2) is 0 Å². The number of aliphatic imine (C=N–C) groups is 2. The summed E-state index contributed by atoms with van der Waals surface area (Å²) < 4.78 is 0. The molecule has 4 N–H and O–H groups in total. The molecule has 0 saturated carbocycles. The lowest BCUT2D eigenvalue weighted by atomic mass is 9.84. The van der Waals surface area contributed by atoms with Gasteiger partial charge < -0.3 is 20.8 Å². The fourth-order valence-electron chi connectivity index (χ4n) is 5.57. The number of phenolic OH excluding ortho intramolecular Hbond substituents is 2. The van der Waals surface area contributed by atoms with Crippen LogP contribution in [0.25, 0.3) is 0 Å². The predicted octanol–water partition coefficient (Wildman–Crippen LogP) is 8.84. The second kappa shape index (κ2) is 16.4. The van der Waals surface area contributed by atoms with Crippen molar-refractivity contribution < 1.29 is 10.2 Å². The van der Waals surface area contributed by atoms with E-state index in [9.17, 15) is 10.2 Å². The molecule has 260 valence electrons. The van der Waals surface area contributed by atoms with E-state index in [1.165, 1.54) is 0 Å². The molecule has 6 heteroatoms. The summed E-state index contributed by atoms with van der Waals surface area (Å²) in [5.41, 5.74) is 7.55. The van der Waals surface area contributed by atoms with Crippen LogP contribution in [0.2, 0.25) is 0 Å². The molecule has 4 aromatic rings. The van der Waals surface area contributed by atoms with Crippen molar-refractivity contribution in [2.24, 2.45) is 15.4 Å².